The molecule has 216 valence electrons. The number of halogens is 1. The number of ether oxygens (including phenoxy) is 1. The standard InChI is InChI=1S/C29H44FN5O4/c1-29(2,3)39-28(38)32-20-5-8-22(9-6-20)34(4)18-19-13-15-35(16-14-19)25-11-7-21(17-23(25)30)31-24-10-12-26(36)33-27(24)37/h7,11,17,19-20,22,24,31H,5-6,8-10,12-16,18H2,1-4H3,(H,32,38)(H,33,36,37). The molecule has 3 N–H and O–H groups in total. The summed E-state index contributed by atoms with van der Waals surface area (Å²) >= 11 is 0. The van der Waals surface area contributed by atoms with Crippen molar-refractivity contribution < 1.29 is 23.5 Å². The van der Waals surface area contributed by atoms with E-state index in [1.54, 1.807) is 12.1 Å². The van der Waals surface area contributed by atoms with Crippen LogP contribution in [-0.4, -0.2) is 73.2 Å². The predicted molar refractivity (Wildman–Crippen MR) is 149 cm³/mol. The third kappa shape index (κ3) is 8.30. The molecule has 0 aromatic heterocycles. The average molecular weight is 546 g/mol. The van der Waals surface area contributed by atoms with Crippen LogP contribution in [0.1, 0.15) is 72.1 Å². The number of imide groups is 1. The maximum Gasteiger partial charge on any atom is 0.407 e. The molecule has 2 aliphatic heterocycles. The van der Waals surface area contributed by atoms with Gasteiger partial charge < -0.3 is 25.2 Å². The molecule has 39 heavy (non-hydrogen) atoms. The SMILES string of the molecule is CN(CC1CCN(c2ccc(NC3CCC(=O)NC3=O)cc2F)CC1)C1CCC(NC(=O)OC(C)(C)C)CC1. The smallest absolute Gasteiger partial charge is 0.407 e. The van der Waals surface area contributed by atoms with Crippen LogP contribution in [0.2, 0.25) is 0 Å². The molecule has 2 heterocycles. The van der Waals surface area contributed by atoms with Crippen molar-refractivity contribution in [1.82, 2.24) is 15.5 Å². The largest absolute Gasteiger partial charge is 0.444 e. The third-order valence-electron chi connectivity index (χ3n) is 8.07. The number of nitrogens with one attached hydrogen (secondary N) is 3. The second-order valence-electron chi connectivity index (χ2n) is 12.3. The second-order valence-corrected chi connectivity index (χ2v) is 12.3. The lowest BCUT2D eigenvalue weighted by molar-refractivity contribution is -0.133. The lowest BCUT2D eigenvalue weighted by Crippen LogP contribution is -2.47. The first kappa shape index (κ1) is 29.1. The normalized spacial score (nSPS) is 24.9. The fraction of sp³-hybridized carbons (Fsp3) is 0.690. The Morgan fingerprint density at radius 3 is 2.41 bits per heavy atom. The molecule has 0 spiro atoms. The van der Waals surface area contributed by atoms with Gasteiger partial charge >= 0.3 is 6.09 Å². The molecule has 1 aromatic carbocycles. The van der Waals surface area contributed by atoms with Gasteiger partial charge in [0.15, 0.2) is 0 Å². The number of carbonyl (C=O) groups is 3. The Kier molecular flexibility index (Phi) is 9.35. The van der Waals surface area contributed by atoms with Crippen molar-refractivity contribution in [2.24, 2.45) is 5.92 Å². The van der Waals surface area contributed by atoms with E-state index in [0.717, 1.165) is 58.2 Å². The molecule has 4 rings (SSSR count). The summed E-state index contributed by atoms with van der Waals surface area (Å²) in [6.45, 7) is 8.27. The van der Waals surface area contributed by atoms with E-state index in [1.165, 1.54) is 6.07 Å². The molecule has 10 heteroatoms. The lowest BCUT2D eigenvalue weighted by atomic mass is 9.89. The predicted octanol–water partition coefficient (Wildman–Crippen LogP) is 4.03. The van der Waals surface area contributed by atoms with Gasteiger partial charge in [0.2, 0.25) is 11.8 Å². The summed E-state index contributed by atoms with van der Waals surface area (Å²) in [5, 5.41) is 8.38. The van der Waals surface area contributed by atoms with Crippen molar-refractivity contribution in [3.63, 3.8) is 0 Å². The summed E-state index contributed by atoms with van der Waals surface area (Å²) in [6.07, 6.45) is 6.40. The van der Waals surface area contributed by atoms with E-state index in [1.807, 2.05) is 20.8 Å². The maximum absolute atomic E-state index is 15.0. The molecule has 9 nitrogen and oxygen atoms in total. The Hall–Kier alpha value is -2.88. The second kappa shape index (κ2) is 12.5. The number of benzene rings is 1. The van der Waals surface area contributed by atoms with Crippen molar-refractivity contribution in [2.45, 2.75) is 95.9 Å². The van der Waals surface area contributed by atoms with E-state index in [2.05, 4.69) is 32.8 Å². The van der Waals surface area contributed by atoms with Crippen molar-refractivity contribution in [1.29, 1.82) is 0 Å². The number of alkyl carbamates (subject to hydrolysis) is 1. The molecule has 2 saturated heterocycles. The van der Waals surface area contributed by atoms with E-state index in [4.69, 9.17) is 4.74 Å². The zero-order chi connectivity index (χ0) is 28.2. The number of hydrogen-bond donors (Lipinski definition) is 3. The van der Waals surface area contributed by atoms with Gasteiger partial charge in [-0.2, -0.15) is 0 Å². The number of rotatable bonds is 7. The van der Waals surface area contributed by atoms with E-state index in [-0.39, 0.29) is 36.2 Å². The fourth-order valence-corrected chi connectivity index (χ4v) is 5.93. The van der Waals surface area contributed by atoms with Crippen molar-refractivity contribution >= 4 is 29.3 Å². The quantitative estimate of drug-likeness (QED) is 0.445. The molecule has 1 atom stereocenters. The van der Waals surface area contributed by atoms with Gasteiger partial charge in [-0.1, -0.05) is 0 Å². The fourth-order valence-electron chi connectivity index (χ4n) is 5.93. The average Bonchev–Trinajstić information content (AvgIpc) is 2.86. The van der Waals surface area contributed by atoms with Crippen LogP contribution in [0.15, 0.2) is 18.2 Å². The van der Waals surface area contributed by atoms with Gasteiger partial charge in [0.05, 0.1) is 5.69 Å². The molecule has 3 fully saturated rings. The first-order valence-electron chi connectivity index (χ1n) is 14.3. The van der Waals surface area contributed by atoms with Crippen molar-refractivity contribution in [3.05, 3.63) is 24.0 Å². The molecule has 3 aliphatic rings. The summed E-state index contributed by atoms with van der Waals surface area (Å²) in [5.41, 5.74) is 0.644. The highest BCUT2D eigenvalue weighted by molar-refractivity contribution is 6.01. The van der Waals surface area contributed by atoms with E-state index in [9.17, 15) is 14.4 Å². The third-order valence-corrected chi connectivity index (χ3v) is 8.07. The van der Waals surface area contributed by atoms with Crippen LogP contribution in [0.5, 0.6) is 0 Å². The van der Waals surface area contributed by atoms with Crippen molar-refractivity contribution in [3.8, 4) is 0 Å². The minimum absolute atomic E-state index is 0.174. The van der Waals surface area contributed by atoms with Gasteiger partial charge in [-0.3, -0.25) is 14.9 Å². The molecule has 0 radical (unpaired) electrons. The number of amides is 3. The molecule has 3 amide bonds. The van der Waals surface area contributed by atoms with Crippen LogP contribution in [0.4, 0.5) is 20.6 Å². The number of nitrogens with zero attached hydrogens (tertiary/aromatic N) is 2. The molecular formula is C29H44FN5O4. The first-order chi connectivity index (χ1) is 18.5. The number of carbonyl (C=O) groups excluding carboxylic acids is 3. The molecule has 0 bridgehead atoms. The Morgan fingerprint density at radius 2 is 1.79 bits per heavy atom. The summed E-state index contributed by atoms with van der Waals surface area (Å²) in [7, 11) is 2.20. The number of hydrogen-bond acceptors (Lipinski definition) is 7. The highest BCUT2D eigenvalue weighted by Crippen LogP contribution is 2.30. The highest BCUT2D eigenvalue weighted by Gasteiger charge is 2.30. The lowest BCUT2D eigenvalue weighted by Gasteiger charge is -2.39. The van der Waals surface area contributed by atoms with Crippen LogP contribution in [-0.2, 0) is 14.3 Å². The Labute approximate surface area is 231 Å². The zero-order valence-electron chi connectivity index (χ0n) is 23.7. The number of piperidine rings is 2. The highest BCUT2D eigenvalue weighted by atomic mass is 19.1. The van der Waals surface area contributed by atoms with Crippen LogP contribution < -0.4 is 20.9 Å². The molecule has 1 aromatic rings. The zero-order valence-corrected chi connectivity index (χ0v) is 23.7. The monoisotopic (exact) mass is 545 g/mol. The topological polar surface area (TPSA) is 103 Å². The van der Waals surface area contributed by atoms with Crippen molar-refractivity contribution in [2.75, 3.05) is 36.9 Å². The summed E-state index contributed by atoms with van der Waals surface area (Å²) in [5.74, 6) is -0.373. The summed E-state index contributed by atoms with van der Waals surface area (Å²) in [6, 6.07) is 5.18. The number of anilines is 2. The van der Waals surface area contributed by atoms with Gasteiger partial charge in [0.25, 0.3) is 0 Å². The van der Waals surface area contributed by atoms with Gasteiger partial charge in [-0.25, -0.2) is 9.18 Å². The van der Waals surface area contributed by atoms with Gasteiger partial charge in [0, 0.05) is 43.8 Å². The van der Waals surface area contributed by atoms with Gasteiger partial charge in [-0.15, -0.1) is 0 Å². The Morgan fingerprint density at radius 1 is 1.10 bits per heavy atom. The van der Waals surface area contributed by atoms with Crippen LogP contribution in [0, 0.1) is 11.7 Å². The summed E-state index contributed by atoms with van der Waals surface area (Å²) in [4.78, 5) is 40.0. The Bertz CT molecular complexity index is 1030. The molecule has 1 aliphatic carbocycles. The van der Waals surface area contributed by atoms with E-state index >= 15 is 4.39 Å². The van der Waals surface area contributed by atoms with Crippen LogP contribution in [0.25, 0.3) is 0 Å². The minimum atomic E-state index is -0.531. The van der Waals surface area contributed by atoms with E-state index in [0.29, 0.717) is 29.8 Å². The van der Waals surface area contributed by atoms with Crippen LogP contribution >= 0.6 is 0 Å². The molecule has 1 saturated carbocycles. The minimum Gasteiger partial charge on any atom is -0.444 e. The van der Waals surface area contributed by atoms with Gasteiger partial charge in [-0.05, 0) is 96.9 Å². The molecule has 1 unspecified atom stereocenters. The Balaban J connectivity index is 1.19. The molecular weight excluding hydrogens is 501 g/mol. The van der Waals surface area contributed by atoms with Gasteiger partial charge in [0.1, 0.15) is 17.5 Å². The van der Waals surface area contributed by atoms with Crippen LogP contribution in [0.3, 0.4) is 0 Å². The maximum atomic E-state index is 15.0. The van der Waals surface area contributed by atoms with E-state index < -0.39 is 11.6 Å². The first-order valence-corrected chi connectivity index (χ1v) is 14.3. The summed E-state index contributed by atoms with van der Waals surface area (Å²) < 4.78 is 20.4.